The van der Waals surface area contributed by atoms with Gasteiger partial charge in [-0.1, -0.05) is 17.7 Å². The molecule has 88 valence electrons. The quantitative estimate of drug-likeness (QED) is 0.812. The lowest BCUT2D eigenvalue weighted by Crippen LogP contribution is -2.42. The second-order valence-corrected chi connectivity index (χ2v) is 4.57. The lowest BCUT2D eigenvalue weighted by Gasteiger charge is -2.26. The number of aryl methyl sites for hydroxylation is 1. The van der Waals surface area contributed by atoms with Crippen LogP contribution in [0.1, 0.15) is 26.3 Å². The van der Waals surface area contributed by atoms with E-state index >= 15 is 0 Å². The van der Waals surface area contributed by atoms with Crippen LogP contribution in [0.3, 0.4) is 0 Å². The van der Waals surface area contributed by atoms with Gasteiger partial charge < -0.3 is 10.2 Å². The third-order valence-electron chi connectivity index (χ3n) is 2.32. The van der Waals surface area contributed by atoms with Crippen molar-refractivity contribution in [3.8, 4) is 0 Å². The number of thiocarbonyl (C=S) groups is 1. The molecule has 0 radical (unpaired) electrons. The molecule has 0 unspecified atom stereocenters. The molecule has 16 heavy (non-hydrogen) atoms. The molecule has 0 aromatic heterocycles. The summed E-state index contributed by atoms with van der Waals surface area (Å²) in [5, 5.41) is 4.06. The van der Waals surface area contributed by atoms with Crippen molar-refractivity contribution in [1.82, 2.24) is 5.32 Å². The summed E-state index contributed by atoms with van der Waals surface area (Å²) in [6.07, 6.45) is 0. The summed E-state index contributed by atoms with van der Waals surface area (Å²) in [7, 11) is 0. The van der Waals surface area contributed by atoms with Crippen LogP contribution in [-0.2, 0) is 0 Å². The topological polar surface area (TPSA) is 15.3 Å². The van der Waals surface area contributed by atoms with Crippen molar-refractivity contribution in [2.24, 2.45) is 0 Å². The van der Waals surface area contributed by atoms with Crippen molar-refractivity contribution in [2.45, 2.75) is 33.7 Å². The van der Waals surface area contributed by atoms with Crippen molar-refractivity contribution >= 4 is 23.0 Å². The molecule has 0 bridgehead atoms. The van der Waals surface area contributed by atoms with E-state index in [1.165, 1.54) is 5.56 Å². The predicted molar refractivity (Wildman–Crippen MR) is 75.1 cm³/mol. The molecular formula is C13H20N2S. The van der Waals surface area contributed by atoms with Gasteiger partial charge in [0.2, 0.25) is 0 Å². The minimum absolute atomic E-state index is 0.368. The number of hydrogen-bond donors (Lipinski definition) is 1. The smallest absolute Gasteiger partial charge is 0.173 e. The fourth-order valence-electron chi connectivity index (χ4n) is 1.49. The highest BCUT2D eigenvalue weighted by Crippen LogP contribution is 2.15. The van der Waals surface area contributed by atoms with E-state index in [1.807, 2.05) is 0 Å². The summed E-state index contributed by atoms with van der Waals surface area (Å²) in [5.74, 6) is 0. The number of rotatable bonds is 3. The third-order valence-corrected chi connectivity index (χ3v) is 2.66. The molecule has 0 fully saturated rings. The summed E-state index contributed by atoms with van der Waals surface area (Å²) in [4.78, 5) is 2.11. The van der Waals surface area contributed by atoms with E-state index in [0.717, 1.165) is 17.3 Å². The Kier molecular flexibility index (Phi) is 4.74. The van der Waals surface area contributed by atoms with Crippen LogP contribution in [-0.4, -0.2) is 17.7 Å². The number of anilines is 1. The van der Waals surface area contributed by atoms with Crippen molar-refractivity contribution in [3.05, 3.63) is 29.8 Å². The average Bonchev–Trinajstić information content (AvgIpc) is 2.21. The number of hydrogen-bond acceptors (Lipinski definition) is 1. The van der Waals surface area contributed by atoms with E-state index in [-0.39, 0.29) is 0 Å². The SMILES string of the molecule is CCN(C(=S)NC(C)C)c1ccc(C)cc1. The van der Waals surface area contributed by atoms with Gasteiger partial charge >= 0.3 is 0 Å². The molecule has 0 aliphatic carbocycles. The first kappa shape index (κ1) is 13.0. The van der Waals surface area contributed by atoms with Gasteiger partial charge in [-0.3, -0.25) is 0 Å². The van der Waals surface area contributed by atoms with Gasteiger partial charge in [-0.25, -0.2) is 0 Å². The van der Waals surface area contributed by atoms with Crippen LogP contribution < -0.4 is 10.2 Å². The first-order valence-corrected chi connectivity index (χ1v) is 6.10. The van der Waals surface area contributed by atoms with Gasteiger partial charge in [-0.15, -0.1) is 0 Å². The Labute approximate surface area is 104 Å². The van der Waals surface area contributed by atoms with Crippen LogP contribution in [0.15, 0.2) is 24.3 Å². The van der Waals surface area contributed by atoms with Crippen molar-refractivity contribution in [1.29, 1.82) is 0 Å². The first-order chi connectivity index (χ1) is 7.54. The monoisotopic (exact) mass is 236 g/mol. The van der Waals surface area contributed by atoms with Crippen molar-refractivity contribution in [2.75, 3.05) is 11.4 Å². The molecule has 2 nitrogen and oxygen atoms in total. The first-order valence-electron chi connectivity index (χ1n) is 5.69. The van der Waals surface area contributed by atoms with Gasteiger partial charge in [-0.05, 0) is 52.0 Å². The lowest BCUT2D eigenvalue weighted by molar-refractivity contribution is 0.728. The average molecular weight is 236 g/mol. The molecule has 0 saturated carbocycles. The van der Waals surface area contributed by atoms with Gasteiger partial charge in [0.1, 0.15) is 0 Å². The van der Waals surface area contributed by atoms with Crippen LogP contribution >= 0.6 is 12.2 Å². The van der Waals surface area contributed by atoms with Gasteiger partial charge in [0.05, 0.1) is 0 Å². The zero-order valence-electron chi connectivity index (χ0n) is 10.4. The molecule has 0 amide bonds. The molecule has 3 heteroatoms. The van der Waals surface area contributed by atoms with E-state index in [4.69, 9.17) is 12.2 Å². The second-order valence-electron chi connectivity index (χ2n) is 4.18. The van der Waals surface area contributed by atoms with Crippen LogP contribution in [0.5, 0.6) is 0 Å². The highest BCUT2D eigenvalue weighted by Gasteiger charge is 2.10. The predicted octanol–water partition coefficient (Wildman–Crippen LogP) is 3.10. The summed E-state index contributed by atoms with van der Waals surface area (Å²) >= 11 is 5.38. The number of nitrogens with one attached hydrogen (secondary N) is 1. The maximum atomic E-state index is 5.38. The maximum absolute atomic E-state index is 5.38. The Morgan fingerprint density at radius 2 is 1.88 bits per heavy atom. The minimum Gasteiger partial charge on any atom is -0.360 e. The molecular weight excluding hydrogens is 216 g/mol. The van der Waals surface area contributed by atoms with Crippen LogP contribution in [0.4, 0.5) is 5.69 Å². The largest absolute Gasteiger partial charge is 0.360 e. The second kappa shape index (κ2) is 5.85. The summed E-state index contributed by atoms with van der Waals surface area (Å²) in [5.41, 5.74) is 2.41. The Hall–Kier alpha value is -1.09. The highest BCUT2D eigenvalue weighted by molar-refractivity contribution is 7.80. The van der Waals surface area contributed by atoms with Crippen LogP contribution in [0.2, 0.25) is 0 Å². The lowest BCUT2D eigenvalue weighted by atomic mass is 10.2. The zero-order chi connectivity index (χ0) is 12.1. The standard InChI is InChI=1S/C13H20N2S/c1-5-15(13(16)14-10(2)3)12-8-6-11(4)7-9-12/h6-10H,5H2,1-4H3,(H,14,16). The van der Waals surface area contributed by atoms with E-state index in [2.05, 4.69) is 62.2 Å². The van der Waals surface area contributed by atoms with E-state index < -0.39 is 0 Å². The molecule has 0 saturated heterocycles. The van der Waals surface area contributed by atoms with Crippen LogP contribution in [0, 0.1) is 6.92 Å². The van der Waals surface area contributed by atoms with Crippen LogP contribution in [0.25, 0.3) is 0 Å². The van der Waals surface area contributed by atoms with Crippen molar-refractivity contribution in [3.63, 3.8) is 0 Å². The van der Waals surface area contributed by atoms with Gasteiger partial charge in [0.15, 0.2) is 5.11 Å². The number of benzene rings is 1. The zero-order valence-corrected chi connectivity index (χ0v) is 11.3. The molecule has 0 spiro atoms. The molecule has 0 heterocycles. The molecule has 1 N–H and O–H groups in total. The Balaban J connectivity index is 2.81. The summed E-state index contributed by atoms with van der Waals surface area (Å²) in [6.45, 7) is 9.26. The Morgan fingerprint density at radius 1 is 1.31 bits per heavy atom. The normalized spacial score (nSPS) is 10.3. The maximum Gasteiger partial charge on any atom is 0.173 e. The molecule has 1 aromatic rings. The van der Waals surface area contributed by atoms with Crippen molar-refractivity contribution < 1.29 is 0 Å². The van der Waals surface area contributed by atoms with E-state index in [1.54, 1.807) is 0 Å². The summed E-state index contributed by atoms with van der Waals surface area (Å²) < 4.78 is 0. The molecule has 1 aromatic carbocycles. The fraction of sp³-hybridized carbons (Fsp3) is 0.462. The Morgan fingerprint density at radius 3 is 2.31 bits per heavy atom. The summed E-state index contributed by atoms with van der Waals surface area (Å²) in [6, 6.07) is 8.79. The Bertz CT molecular complexity index is 343. The highest BCUT2D eigenvalue weighted by atomic mass is 32.1. The fourth-order valence-corrected chi connectivity index (χ4v) is 1.96. The van der Waals surface area contributed by atoms with Gasteiger partial charge in [-0.2, -0.15) is 0 Å². The van der Waals surface area contributed by atoms with E-state index in [9.17, 15) is 0 Å². The number of nitrogens with zero attached hydrogens (tertiary/aromatic N) is 1. The molecule has 0 atom stereocenters. The van der Waals surface area contributed by atoms with Gasteiger partial charge in [0.25, 0.3) is 0 Å². The van der Waals surface area contributed by atoms with E-state index in [0.29, 0.717) is 6.04 Å². The molecule has 0 aliphatic rings. The molecule has 1 rings (SSSR count). The molecule has 0 aliphatic heterocycles. The van der Waals surface area contributed by atoms with Gasteiger partial charge in [0, 0.05) is 18.3 Å². The third kappa shape index (κ3) is 3.49. The minimum atomic E-state index is 0.368.